The summed E-state index contributed by atoms with van der Waals surface area (Å²) in [7, 11) is 0. The highest BCUT2D eigenvalue weighted by molar-refractivity contribution is 7.14. The average molecular weight is 347 g/mol. The Balaban J connectivity index is 1.58. The Labute approximate surface area is 152 Å². The minimum Gasteiger partial charge on any atom is -0.320 e. The molecule has 1 aliphatic rings. The van der Waals surface area contributed by atoms with E-state index in [1.165, 1.54) is 29.5 Å². The Bertz CT molecular complexity index is 911. The summed E-state index contributed by atoms with van der Waals surface area (Å²) in [6, 6.07) is 17.2. The van der Waals surface area contributed by atoms with Crippen LogP contribution >= 0.6 is 11.3 Å². The van der Waals surface area contributed by atoms with Crippen LogP contribution in [0.5, 0.6) is 0 Å². The lowest BCUT2D eigenvalue weighted by atomic mass is 10.0. The molecule has 0 radical (unpaired) electrons. The molecule has 2 aromatic carbocycles. The zero-order valence-corrected chi connectivity index (χ0v) is 15.1. The molecule has 3 aromatic rings. The van der Waals surface area contributed by atoms with Crippen LogP contribution in [0, 0.1) is 6.92 Å². The van der Waals surface area contributed by atoms with Gasteiger partial charge in [-0.25, -0.2) is 4.98 Å². The second-order valence-corrected chi connectivity index (χ2v) is 7.26. The monoisotopic (exact) mass is 347 g/mol. The maximum Gasteiger partial charge on any atom is 0.188 e. The van der Waals surface area contributed by atoms with Crippen LogP contribution in [0.4, 0.5) is 5.13 Å². The maximum atomic E-state index is 4.75. The first-order valence-corrected chi connectivity index (χ1v) is 9.59. The number of aryl methyl sites for hydroxylation is 1. The van der Waals surface area contributed by atoms with Gasteiger partial charge >= 0.3 is 0 Å². The number of hydrogen-bond donors (Lipinski definition) is 1. The van der Waals surface area contributed by atoms with Crippen LogP contribution < -0.4 is 5.32 Å². The Kier molecular flexibility index (Phi) is 4.61. The Morgan fingerprint density at radius 3 is 2.56 bits per heavy atom. The van der Waals surface area contributed by atoms with Crippen molar-refractivity contribution in [1.29, 1.82) is 0 Å². The number of benzene rings is 2. The minimum absolute atomic E-state index is 0.927. The van der Waals surface area contributed by atoms with E-state index in [1.807, 2.05) is 0 Å². The fourth-order valence-electron chi connectivity index (χ4n) is 3.07. The number of aromatic nitrogens is 1. The van der Waals surface area contributed by atoms with E-state index in [1.54, 1.807) is 11.3 Å². The summed E-state index contributed by atoms with van der Waals surface area (Å²) in [4.78, 5) is 9.29. The Morgan fingerprint density at radius 1 is 0.960 bits per heavy atom. The lowest BCUT2D eigenvalue weighted by molar-refractivity contribution is 0.737. The Hall–Kier alpha value is -2.46. The maximum absolute atomic E-state index is 4.75. The first-order chi connectivity index (χ1) is 12.3. The molecule has 4 heteroatoms. The Morgan fingerprint density at radius 2 is 1.76 bits per heavy atom. The quantitative estimate of drug-likeness (QED) is 0.652. The first kappa shape index (κ1) is 16.0. The molecular formula is C21H21N3S. The summed E-state index contributed by atoms with van der Waals surface area (Å²) < 4.78 is 0. The van der Waals surface area contributed by atoms with Crippen LogP contribution in [0.2, 0.25) is 0 Å². The molecule has 126 valence electrons. The van der Waals surface area contributed by atoms with E-state index in [0.717, 1.165) is 35.2 Å². The molecule has 4 rings (SSSR count). The van der Waals surface area contributed by atoms with E-state index < -0.39 is 0 Å². The number of nitrogens with zero attached hydrogens (tertiary/aromatic N) is 2. The predicted octanol–water partition coefficient (Wildman–Crippen LogP) is 5.78. The van der Waals surface area contributed by atoms with Gasteiger partial charge in [-0.05, 0) is 37.0 Å². The van der Waals surface area contributed by atoms with Gasteiger partial charge in [-0.3, -0.25) is 4.99 Å². The second-order valence-electron chi connectivity index (χ2n) is 6.40. The van der Waals surface area contributed by atoms with Crippen molar-refractivity contribution >= 4 is 22.3 Å². The van der Waals surface area contributed by atoms with E-state index in [0.29, 0.717) is 0 Å². The van der Waals surface area contributed by atoms with Gasteiger partial charge in [0, 0.05) is 23.9 Å². The summed E-state index contributed by atoms with van der Waals surface area (Å²) >= 11 is 1.64. The van der Waals surface area contributed by atoms with Gasteiger partial charge in [-0.1, -0.05) is 48.0 Å². The van der Waals surface area contributed by atoms with Crippen LogP contribution in [-0.2, 0) is 0 Å². The molecule has 1 aromatic heterocycles. The standard InChI is InChI=1S/C21H21N3S/c1-15-6-4-7-16(12-15)17-8-5-9-18(13-17)19-14-25-21(23-19)24-20-10-2-3-11-22-20/h4-9,12-14H,2-3,10-11H2,1H3,(H,22,23,24). The molecule has 0 saturated carbocycles. The third kappa shape index (κ3) is 3.80. The third-order valence-corrected chi connectivity index (χ3v) is 5.15. The van der Waals surface area contributed by atoms with E-state index in [2.05, 4.69) is 71.1 Å². The SMILES string of the molecule is Cc1cccc(-c2cccc(-c3csc(NC4=NCCCC4)n3)c2)c1. The molecule has 25 heavy (non-hydrogen) atoms. The molecule has 0 unspecified atom stereocenters. The fraction of sp³-hybridized carbons (Fsp3) is 0.238. The smallest absolute Gasteiger partial charge is 0.188 e. The van der Waals surface area contributed by atoms with Crippen LogP contribution in [0.15, 0.2) is 58.9 Å². The molecular weight excluding hydrogens is 326 g/mol. The molecule has 0 atom stereocenters. The van der Waals surface area contributed by atoms with E-state index in [4.69, 9.17) is 4.98 Å². The number of amidine groups is 1. The van der Waals surface area contributed by atoms with Crippen molar-refractivity contribution in [2.75, 3.05) is 11.9 Å². The summed E-state index contributed by atoms with van der Waals surface area (Å²) in [5, 5.41) is 6.42. The van der Waals surface area contributed by atoms with Crippen molar-refractivity contribution in [3.05, 3.63) is 59.5 Å². The van der Waals surface area contributed by atoms with E-state index in [-0.39, 0.29) is 0 Å². The molecule has 0 saturated heterocycles. The zero-order valence-electron chi connectivity index (χ0n) is 14.3. The topological polar surface area (TPSA) is 37.3 Å². The van der Waals surface area contributed by atoms with Crippen molar-refractivity contribution in [1.82, 2.24) is 4.98 Å². The van der Waals surface area contributed by atoms with Crippen LogP contribution in [-0.4, -0.2) is 17.4 Å². The molecule has 0 amide bonds. The molecule has 0 fully saturated rings. The zero-order chi connectivity index (χ0) is 17.1. The lowest BCUT2D eigenvalue weighted by Gasteiger charge is -2.11. The predicted molar refractivity (Wildman–Crippen MR) is 107 cm³/mol. The van der Waals surface area contributed by atoms with Crippen molar-refractivity contribution in [3.8, 4) is 22.4 Å². The summed E-state index contributed by atoms with van der Waals surface area (Å²) in [5.74, 6) is 1.07. The van der Waals surface area contributed by atoms with Gasteiger partial charge in [0.05, 0.1) is 5.69 Å². The molecule has 3 nitrogen and oxygen atoms in total. The van der Waals surface area contributed by atoms with Gasteiger partial charge < -0.3 is 5.32 Å². The molecule has 1 aliphatic heterocycles. The van der Waals surface area contributed by atoms with Crippen molar-refractivity contribution in [3.63, 3.8) is 0 Å². The van der Waals surface area contributed by atoms with Crippen molar-refractivity contribution in [2.24, 2.45) is 4.99 Å². The van der Waals surface area contributed by atoms with E-state index >= 15 is 0 Å². The molecule has 0 spiro atoms. The number of rotatable bonds is 3. The van der Waals surface area contributed by atoms with Gasteiger partial charge in [0.1, 0.15) is 5.84 Å². The molecule has 2 heterocycles. The molecule has 0 aliphatic carbocycles. The highest BCUT2D eigenvalue weighted by atomic mass is 32.1. The summed E-state index contributed by atoms with van der Waals surface area (Å²) in [6.45, 7) is 3.05. The fourth-order valence-corrected chi connectivity index (χ4v) is 3.81. The van der Waals surface area contributed by atoms with Crippen molar-refractivity contribution in [2.45, 2.75) is 26.2 Å². The van der Waals surface area contributed by atoms with Gasteiger partial charge in [-0.2, -0.15) is 0 Å². The van der Waals surface area contributed by atoms with Gasteiger partial charge in [0.15, 0.2) is 5.13 Å². The number of nitrogens with one attached hydrogen (secondary N) is 1. The second kappa shape index (κ2) is 7.19. The van der Waals surface area contributed by atoms with Gasteiger partial charge in [0.25, 0.3) is 0 Å². The summed E-state index contributed by atoms with van der Waals surface area (Å²) in [5.41, 5.74) is 5.90. The highest BCUT2D eigenvalue weighted by Crippen LogP contribution is 2.29. The van der Waals surface area contributed by atoms with Gasteiger partial charge in [-0.15, -0.1) is 11.3 Å². The number of thiazole rings is 1. The van der Waals surface area contributed by atoms with Crippen LogP contribution in [0.3, 0.4) is 0 Å². The van der Waals surface area contributed by atoms with Crippen LogP contribution in [0.1, 0.15) is 24.8 Å². The highest BCUT2D eigenvalue weighted by Gasteiger charge is 2.10. The average Bonchev–Trinajstić information content (AvgIpc) is 3.11. The first-order valence-electron chi connectivity index (χ1n) is 8.71. The normalized spacial score (nSPS) is 14.2. The molecule has 1 N–H and O–H groups in total. The third-order valence-electron chi connectivity index (χ3n) is 4.39. The largest absolute Gasteiger partial charge is 0.320 e. The minimum atomic E-state index is 0.927. The van der Waals surface area contributed by atoms with E-state index in [9.17, 15) is 0 Å². The number of hydrogen-bond acceptors (Lipinski definition) is 4. The molecule has 0 bridgehead atoms. The number of aliphatic imine (C=N–C) groups is 1. The van der Waals surface area contributed by atoms with Gasteiger partial charge in [0.2, 0.25) is 0 Å². The summed E-state index contributed by atoms with van der Waals surface area (Å²) in [6.07, 6.45) is 3.43. The van der Waals surface area contributed by atoms with Crippen LogP contribution in [0.25, 0.3) is 22.4 Å². The van der Waals surface area contributed by atoms with Crippen molar-refractivity contribution < 1.29 is 0 Å². The number of anilines is 1. The lowest BCUT2D eigenvalue weighted by Crippen LogP contribution is -2.15.